The van der Waals surface area contributed by atoms with E-state index in [4.69, 9.17) is 15.0 Å². The molecular weight excluding hydrogens is 507 g/mol. The van der Waals surface area contributed by atoms with Crippen LogP contribution in [-0.2, 0) is 30.4 Å². The predicted octanol–water partition coefficient (Wildman–Crippen LogP) is 2.23. The molecule has 2 atom stereocenters. The van der Waals surface area contributed by atoms with Gasteiger partial charge in [0.1, 0.15) is 15.5 Å². The highest BCUT2D eigenvalue weighted by Gasteiger charge is 2.54. The van der Waals surface area contributed by atoms with Crippen molar-refractivity contribution >= 4 is 28.8 Å². The molecule has 10 nitrogen and oxygen atoms in total. The number of primary amides is 1. The van der Waals surface area contributed by atoms with Crippen molar-refractivity contribution in [1.82, 2.24) is 15.3 Å². The molecule has 206 valence electrons. The minimum atomic E-state index is -3.41. The average molecular weight is 544 g/mol. The molecule has 1 saturated heterocycles. The van der Waals surface area contributed by atoms with Crippen LogP contribution >= 0.6 is 0 Å². The number of hydrogen-bond donors (Lipinski definition) is 2. The van der Waals surface area contributed by atoms with Crippen LogP contribution in [0, 0.1) is 0 Å². The van der Waals surface area contributed by atoms with Crippen LogP contribution < -0.4 is 11.1 Å². The molecule has 0 saturated carbocycles. The van der Waals surface area contributed by atoms with Crippen LogP contribution in [0.4, 0.5) is 0 Å². The Hall–Kier alpha value is -2.83. The molecule has 2 aromatic rings. The Labute approximate surface area is 225 Å². The molecule has 2 amide bonds. The summed E-state index contributed by atoms with van der Waals surface area (Å²) < 4.78 is 36.4. The number of benzene rings is 1. The van der Waals surface area contributed by atoms with Crippen molar-refractivity contribution < 1.29 is 27.3 Å². The highest BCUT2D eigenvalue weighted by Crippen LogP contribution is 2.38. The van der Waals surface area contributed by atoms with Gasteiger partial charge in [0.25, 0.3) is 5.91 Å². The van der Waals surface area contributed by atoms with Crippen LogP contribution in [0.25, 0.3) is 0 Å². The number of sulfone groups is 1. The molecule has 1 aliphatic rings. The van der Waals surface area contributed by atoms with E-state index in [1.807, 2.05) is 58.0 Å². The van der Waals surface area contributed by atoms with E-state index < -0.39 is 51.8 Å². The Bertz CT molecular complexity index is 1220. The van der Waals surface area contributed by atoms with E-state index in [2.05, 4.69) is 15.3 Å². The lowest BCUT2D eigenvalue weighted by molar-refractivity contribution is -0.123. The van der Waals surface area contributed by atoms with Crippen LogP contribution in [0.5, 0.6) is 0 Å². The Kier molecular flexibility index (Phi) is 9.32. The van der Waals surface area contributed by atoms with Gasteiger partial charge in [-0.1, -0.05) is 30.3 Å². The zero-order chi connectivity index (χ0) is 28.1. The van der Waals surface area contributed by atoms with Gasteiger partial charge in [-0.2, -0.15) is 0 Å². The molecule has 1 aromatic carbocycles. The predicted molar refractivity (Wildman–Crippen MR) is 145 cm³/mol. The lowest BCUT2D eigenvalue weighted by atomic mass is 9.74. The minimum Gasteiger partial charge on any atom is -0.402 e. The van der Waals surface area contributed by atoms with Crippen LogP contribution in [0.3, 0.4) is 0 Å². The third-order valence-electron chi connectivity index (χ3n) is 7.13. The molecule has 0 bridgehead atoms. The molecule has 1 aromatic heterocycles. The number of nitrogens with one attached hydrogen (secondary N) is 1. The second-order valence-electron chi connectivity index (χ2n) is 10.7. The molecule has 0 aliphatic carbocycles. The van der Waals surface area contributed by atoms with Gasteiger partial charge in [0.15, 0.2) is 0 Å². The fourth-order valence-electron chi connectivity index (χ4n) is 4.30. The van der Waals surface area contributed by atoms with E-state index in [-0.39, 0.29) is 23.6 Å². The van der Waals surface area contributed by atoms with Gasteiger partial charge in [-0.3, -0.25) is 14.6 Å². The molecule has 12 heteroatoms. The Balaban J connectivity index is 1.88. The summed E-state index contributed by atoms with van der Waals surface area (Å²) in [4.78, 5) is 33.9. The van der Waals surface area contributed by atoms with Crippen LogP contribution in [0.1, 0.15) is 74.6 Å². The van der Waals surface area contributed by atoms with Gasteiger partial charge < -0.3 is 20.4 Å². The fraction of sp³-hybridized carbons (Fsp3) is 0.538. The Morgan fingerprint density at radius 1 is 1.03 bits per heavy atom. The third-order valence-corrected chi connectivity index (χ3v) is 8.11. The van der Waals surface area contributed by atoms with E-state index in [1.165, 1.54) is 18.0 Å². The molecule has 0 unspecified atom stereocenters. The van der Waals surface area contributed by atoms with Crippen molar-refractivity contribution in [3.8, 4) is 0 Å². The number of amides is 2. The van der Waals surface area contributed by atoms with Crippen LogP contribution in [0.2, 0.25) is 0 Å². The Morgan fingerprint density at radius 2 is 1.63 bits per heavy atom. The lowest BCUT2D eigenvalue weighted by Gasteiger charge is -2.32. The molecule has 2 heterocycles. The molecule has 3 rings (SSSR count). The molecule has 0 spiro atoms. The van der Waals surface area contributed by atoms with Crippen molar-refractivity contribution in [1.29, 1.82) is 0 Å². The maximum Gasteiger partial charge on any atom is 0.481 e. The van der Waals surface area contributed by atoms with E-state index in [0.717, 1.165) is 19.1 Å². The summed E-state index contributed by atoms with van der Waals surface area (Å²) in [5.74, 6) is -3.25. The number of aromatic nitrogens is 2. The number of nitrogens with zero attached hydrogens (tertiary/aromatic N) is 2. The van der Waals surface area contributed by atoms with Crippen molar-refractivity contribution in [2.24, 2.45) is 5.73 Å². The van der Waals surface area contributed by atoms with Gasteiger partial charge in [0.2, 0.25) is 5.91 Å². The summed E-state index contributed by atoms with van der Waals surface area (Å²) in [5, 5.41) is 3.02. The van der Waals surface area contributed by atoms with Crippen molar-refractivity contribution in [2.75, 3.05) is 12.0 Å². The number of aryl methyl sites for hydroxylation is 1. The van der Waals surface area contributed by atoms with Gasteiger partial charge in [0.05, 0.1) is 34.5 Å². The molecule has 1 fully saturated rings. The number of hydrogen-bond acceptors (Lipinski definition) is 8. The maximum absolute atomic E-state index is 13.7. The summed E-state index contributed by atoms with van der Waals surface area (Å²) in [5.41, 5.74) is 5.30. The SMILES string of the molecule is CC1(C)OB([C@H](CCCc2ccccc2)NC(=O)[C@H](CCS(C)(=O)=O)c2nccnc2C(N)=O)OC1(C)C. The van der Waals surface area contributed by atoms with Gasteiger partial charge in [0, 0.05) is 18.6 Å². The summed E-state index contributed by atoms with van der Waals surface area (Å²) in [6.07, 6.45) is 5.71. The van der Waals surface area contributed by atoms with Gasteiger partial charge in [-0.05, 0) is 58.9 Å². The normalized spacial score (nSPS) is 18.1. The first kappa shape index (κ1) is 29.7. The largest absolute Gasteiger partial charge is 0.481 e. The maximum atomic E-state index is 13.7. The zero-order valence-electron chi connectivity index (χ0n) is 22.6. The second-order valence-corrected chi connectivity index (χ2v) is 13.0. The highest BCUT2D eigenvalue weighted by molar-refractivity contribution is 7.90. The fourth-order valence-corrected chi connectivity index (χ4v) is 4.96. The monoisotopic (exact) mass is 544 g/mol. The number of nitrogens with two attached hydrogens (primary N) is 1. The molecular formula is C26H37BN4O6S. The van der Waals surface area contributed by atoms with E-state index in [1.54, 1.807) is 0 Å². The highest BCUT2D eigenvalue weighted by atomic mass is 32.2. The topological polar surface area (TPSA) is 151 Å². The summed E-state index contributed by atoms with van der Waals surface area (Å²) >= 11 is 0. The zero-order valence-corrected chi connectivity index (χ0v) is 23.5. The average Bonchev–Trinajstić information content (AvgIpc) is 3.05. The molecule has 1 aliphatic heterocycles. The number of rotatable bonds is 12. The van der Waals surface area contributed by atoms with Gasteiger partial charge in [-0.25, -0.2) is 13.4 Å². The number of carbonyl (C=O) groups excluding carboxylic acids is 2. The van der Waals surface area contributed by atoms with Crippen molar-refractivity contribution in [2.45, 2.75) is 76.4 Å². The van der Waals surface area contributed by atoms with Crippen LogP contribution in [0.15, 0.2) is 42.7 Å². The van der Waals surface area contributed by atoms with E-state index in [9.17, 15) is 18.0 Å². The van der Waals surface area contributed by atoms with E-state index in [0.29, 0.717) is 6.42 Å². The quantitative estimate of drug-likeness (QED) is 0.386. The van der Waals surface area contributed by atoms with Gasteiger partial charge >= 0.3 is 7.12 Å². The van der Waals surface area contributed by atoms with Crippen LogP contribution in [-0.4, -0.2) is 66.5 Å². The smallest absolute Gasteiger partial charge is 0.402 e. The summed E-state index contributed by atoms with van der Waals surface area (Å²) in [6.45, 7) is 7.74. The summed E-state index contributed by atoms with van der Waals surface area (Å²) in [6, 6.07) is 10.0. The molecule has 0 radical (unpaired) electrons. The minimum absolute atomic E-state index is 0.0399. The standard InChI is InChI=1S/C26H37BN4O6S/c1-25(2)26(3,4)37-27(36-25)20(13-9-12-18-10-7-6-8-11-18)31-24(33)19(14-17-38(5,34)35)21-22(23(28)32)30-16-15-29-21/h6-8,10-11,15-16,19-20H,9,12-14,17H2,1-5H3,(H2,28,32)(H,31,33)/t19-,20+/m1/s1. The third kappa shape index (κ3) is 7.61. The Morgan fingerprint density at radius 3 is 2.21 bits per heavy atom. The molecule has 3 N–H and O–H groups in total. The summed E-state index contributed by atoms with van der Waals surface area (Å²) in [7, 11) is -4.14. The lowest BCUT2D eigenvalue weighted by Crippen LogP contribution is -2.49. The van der Waals surface area contributed by atoms with Gasteiger partial charge in [-0.15, -0.1) is 0 Å². The van der Waals surface area contributed by atoms with Crippen molar-refractivity contribution in [3.63, 3.8) is 0 Å². The first-order valence-electron chi connectivity index (χ1n) is 12.7. The molecule has 38 heavy (non-hydrogen) atoms. The first-order chi connectivity index (χ1) is 17.7. The first-order valence-corrected chi connectivity index (χ1v) is 14.7. The second kappa shape index (κ2) is 11.9. The van der Waals surface area contributed by atoms with E-state index >= 15 is 0 Å². The number of carbonyl (C=O) groups is 2. The van der Waals surface area contributed by atoms with Crippen molar-refractivity contribution in [3.05, 3.63) is 59.7 Å².